The van der Waals surface area contributed by atoms with Gasteiger partial charge in [-0.15, -0.1) is 0 Å². The molecule has 168 valence electrons. The number of hydrogen-bond donors (Lipinski definition) is 0. The van der Waals surface area contributed by atoms with Crippen molar-refractivity contribution in [1.82, 2.24) is 9.80 Å². The van der Waals surface area contributed by atoms with Gasteiger partial charge >= 0.3 is 6.09 Å². The summed E-state index contributed by atoms with van der Waals surface area (Å²) < 4.78 is 39.3. The largest absolute Gasteiger partial charge is 0.493 e. The fraction of sp³-hybridized carbons (Fsp3) is 0.458. The molecule has 1 saturated heterocycles. The molecule has 0 aliphatic carbocycles. The van der Waals surface area contributed by atoms with E-state index in [2.05, 4.69) is 13.8 Å². The van der Waals surface area contributed by atoms with Crippen LogP contribution in [0.4, 0.5) is 13.6 Å². The molecule has 1 fully saturated rings. The van der Waals surface area contributed by atoms with E-state index in [9.17, 15) is 13.6 Å². The highest BCUT2D eigenvalue weighted by molar-refractivity contribution is 5.71. The Labute approximate surface area is 182 Å². The Hall–Kier alpha value is -2.67. The molecule has 7 heteroatoms. The number of carbonyl (C=O) groups is 1. The van der Waals surface area contributed by atoms with Crippen LogP contribution in [0.5, 0.6) is 11.5 Å². The lowest BCUT2D eigenvalue weighted by Crippen LogP contribution is -2.53. The predicted octanol–water partition coefficient (Wildman–Crippen LogP) is 4.90. The number of likely N-dealkylation sites (tertiary alicyclic amines) is 1. The van der Waals surface area contributed by atoms with Crippen molar-refractivity contribution in [2.45, 2.75) is 39.0 Å². The number of benzene rings is 2. The minimum absolute atomic E-state index is 0.142. The average molecular weight is 433 g/mol. The van der Waals surface area contributed by atoms with Crippen LogP contribution in [0, 0.1) is 11.7 Å². The van der Waals surface area contributed by atoms with Crippen molar-refractivity contribution in [2.75, 3.05) is 26.7 Å². The number of alkyl halides is 1. The normalized spacial score (nSPS) is 19.3. The minimum Gasteiger partial charge on any atom is -0.493 e. The molecule has 5 nitrogen and oxygen atoms in total. The summed E-state index contributed by atoms with van der Waals surface area (Å²) in [5.74, 6) is 1.09. The molecule has 2 aromatic rings. The summed E-state index contributed by atoms with van der Waals surface area (Å²) in [6.07, 6.45) is -1.33. The number of ether oxygens (including phenoxy) is 2. The summed E-state index contributed by atoms with van der Waals surface area (Å²) in [4.78, 5) is 16.3. The highest BCUT2D eigenvalue weighted by atomic mass is 19.1. The van der Waals surface area contributed by atoms with Crippen LogP contribution in [0.15, 0.2) is 48.5 Å². The minimum atomic E-state index is -1.20. The Morgan fingerprint density at radius 2 is 1.77 bits per heavy atom. The number of halogens is 2. The number of nitrogens with zero attached hydrogens (tertiary/aromatic N) is 2. The van der Waals surface area contributed by atoms with Gasteiger partial charge in [-0.1, -0.05) is 26.0 Å². The van der Waals surface area contributed by atoms with E-state index in [-0.39, 0.29) is 18.9 Å². The lowest BCUT2D eigenvalue weighted by Gasteiger charge is -2.39. The Balaban J connectivity index is 1.73. The Morgan fingerprint density at radius 1 is 1.13 bits per heavy atom. The Bertz CT molecular complexity index is 843. The maximum Gasteiger partial charge on any atom is 0.415 e. The van der Waals surface area contributed by atoms with Gasteiger partial charge in [0, 0.05) is 19.6 Å². The van der Waals surface area contributed by atoms with E-state index in [1.165, 1.54) is 17.0 Å². The van der Waals surface area contributed by atoms with Gasteiger partial charge in [0.25, 0.3) is 0 Å². The molecule has 0 unspecified atom stereocenters. The molecule has 2 atom stereocenters. The third kappa shape index (κ3) is 6.66. The molecule has 0 bridgehead atoms. The summed E-state index contributed by atoms with van der Waals surface area (Å²) >= 11 is 0. The van der Waals surface area contributed by atoms with Crippen LogP contribution in [0.2, 0.25) is 0 Å². The molecule has 0 N–H and O–H groups in total. The quantitative estimate of drug-likeness (QED) is 0.624. The zero-order valence-corrected chi connectivity index (χ0v) is 18.3. The number of carbonyl (C=O) groups excluding carboxylic acids is 1. The standard InChI is InChI=1S/C24H30F2N2O3/c1-17(2)16-30-20-8-10-21(11-9-20)31-24(29)28(14-18-4-6-19(25)7-5-18)23-12-13-27(3)15-22(23)26/h4-11,17,22-23H,12-16H2,1-3H3/t22-,23+/m1/s1. The van der Waals surface area contributed by atoms with Gasteiger partial charge in [0.2, 0.25) is 0 Å². The van der Waals surface area contributed by atoms with Crippen LogP contribution >= 0.6 is 0 Å². The van der Waals surface area contributed by atoms with E-state index in [0.717, 1.165) is 0 Å². The van der Waals surface area contributed by atoms with Crippen LogP contribution in [0.3, 0.4) is 0 Å². The van der Waals surface area contributed by atoms with Gasteiger partial charge < -0.3 is 14.4 Å². The Morgan fingerprint density at radius 3 is 2.39 bits per heavy atom. The first-order valence-electron chi connectivity index (χ1n) is 10.6. The number of amides is 1. The third-order valence-electron chi connectivity index (χ3n) is 5.22. The molecule has 1 amide bonds. The molecule has 2 aromatic carbocycles. The predicted molar refractivity (Wildman–Crippen MR) is 116 cm³/mol. The van der Waals surface area contributed by atoms with Gasteiger partial charge in [-0.05, 0) is 61.3 Å². The number of hydrogen-bond acceptors (Lipinski definition) is 4. The number of piperidine rings is 1. The van der Waals surface area contributed by atoms with Crippen molar-refractivity contribution in [3.63, 3.8) is 0 Å². The molecular formula is C24H30F2N2O3. The van der Waals surface area contributed by atoms with Crippen molar-refractivity contribution in [3.8, 4) is 11.5 Å². The van der Waals surface area contributed by atoms with Crippen molar-refractivity contribution in [2.24, 2.45) is 5.92 Å². The van der Waals surface area contributed by atoms with Gasteiger partial charge in [0.1, 0.15) is 23.5 Å². The van der Waals surface area contributed by atoms with E-state index in [4.69, 9.17) is 9.47 Å². The maximum absolute atomic E-state index is 14.8. The molecule has 1 aliphatic rings. The van der Waals surface area contributed by atoms with Gasteiger partial charge in [-0.2, -0.15) is 0 Å². The average Bonchev–Trinajstić information content (AvgIpc) is 2.73. The van der Waals surface area contributed by atoms with Crippen LogP contribution in [0.1, 0.15) is 25.8 Å². The second-order valence-corrected chi connectivity index (χ2v) is 8.43. The van der Waals surface area contributed by atoms with Crippen LogP contribution in [-0.4, -0.2) is 54.9 Å². The molecule has 0 radical (unpaired) electrons. The molecule has 3 rings (SSSR count). The lowest BCUT2D eigenvalue weighted by atomic mass is 10.0. The third-order valence-corrected chi connectivity index (χ3v) is 5.22. The smallest absolute Gasteiger partial charge is 0.415 e. The summed E-state index contributed by atoms with van der Waals surface area (Å²) in [6, 6.07) is 12.0. The first kappa shape index (κ1) is 23.0. The second kappa shape index (κ2) is 10.6. The van der Waals surface area contributed by atoms with Crippen molar-refractivity contribution in [1.29, 1.82) is 0 Å². The first-order chi connectivity index (χ1) is 14.8. The fourth-order valence-corrected chi connectivity index (χ4v) is 3.53. The zero-order chi connectivity index (χ0) is 22.4. The van der Waals surface area contributed by atoms with E-state index in [1.807, 2.05) is 11.9 Å². The molecule has 1 heterocycles. The maximum atomic E-state index is 14.8. The summed E-state index contributed by atoms with van der Waals surface area (Å²) in [5, 5.41) is 0. The highest BCUT2D eigenvalue weighted by Crippen LogP contribution is 2.24. The zero-order valence-electron chi connectivity index (χ0n) is 18.3. The summed E-state index contributed by atoms with van der Waals surface area (Å²) in [6.45, 7) is 5.79. The van der Waals surface area contributed by atoms with Crippen molar-refractivity contribution in [3.05, 3.63) is 59.9 Å². The molecule has 1 aliphatic heterocycles. The van der Waals surface area contributed by atoms with Gasteiger partial charge in [0.15, 0.2) is 0 Å². The highest BCUT2D eigenvalue weighted by Gasteiger charge is 2.36. The van der Waals surface area contributed by atoms with Crippen LogP contribution in [-0.2, 0) is 6.54 Å². The van der Waals surface area contributed by atoms with Crippen molar-refractivity contribution >= 4 is 6.09 Å². The van der Waals surface area contributed by atoms with Crippen LogP contribution < -0.4 is 9.47 Å². The number of rotatable bonds is 7. The van der Waals surface area contributed by atoms with Gasteiger partial charge in [-0.3, -0.25) is 4.90 Å². The van der Waals surface area contributed by atoms with E-state index < -0.39 is 18.3 Å². The lowest BCUT2D eigenvalue weighted by molar-refractivity contribution is 0.0431. The van der Waals surface area contributed by atoms with Crippen LogP contribution in [0.25, 0.3) is 0 Å². The first-order valence-corrected chi connectivity index (χ1v) is 10.6. The molecule has 0 saturated carbocycles. The van der Waals surface area contributed by atoms with E-state index in [0.29, 0.717) is 42.6 Å². The van der Waals surface area contributed by atoms with E-state index >= 15 is 0 Å². The summed E-state index contributed by atoms with van der Waals surface area (Å²) in [7, 11) is 1.86. The fourth-order valence-electron chi connectivity index (χ4n) is 3.53. The Kier molecular flexibility index (Phi) is 7.85. The molecular weight excluding hydrogens is 402 g/mol. The summed E-state index contributed by atoms with van der Waals surface area (Å²) in [5.41, 5.74) is 0.710. The SMILES string of the molecule is CC(C)COc1ccc(OC(=O)N(Cc2ccc(F)cc2)[C@H]2CCN(C)C[C@H]2F)cc1. The van der Waals surface area contributed by atoms with Gasteiger partial charge in [0.05, 0.1) is 12.6 Å². The van der Waals surface area contributed by atoms with E-state index in [1.54, 1.807) is 36.4 Å². The second-order valence-electron chi connectivity index (χ2n) is 8.43. The van der Waals surface area contributed by atoms with Crippen molar-refractivity contribution < 1.29 is 23.0 Å². The molecule has 0 aromatic heterocycles. The monoisotopic (exact) mass is 432 g/mol. The topological polar surface area (TPSA) is 42.0 Å². The molecule has 0 spiro atoms. The molecule has 31 heavy (non-hydrogen) atoms. The van der Waals surface area contributed by atoms with Gasteiger partial charge in [-0.25, -0.2) is 13.6 Å².